The summed E-state index contributed by atoms with van der Waals surface area (Å²) in [6.07, 6.45) is 0. The quantitative estimate of drug-likeness (QED) is 0.338. The zero-order valence-corrected chi connectivity index (χ0v) is 3.89. The van der Waals surface area contributed by atoms with E-state index in [4.69, 9.17) is 0 Å². The summed E-state index contributed by atoms with van der Waals surface area (Å²) in [6.45, 7) is 0. The van der Waals surface area contributed by atoms with Gasteiger partial charge in [-0.15, -0.1) is 0 Å². The summed E-state index contributed by atoms with van der Waals surface area (Å²) in [5, 5.41) is 0. The monoisotopic (exact) mass is 138 g/mol. The number of carbonyl (C=O) groups is 2. The van der Waals surface area contributed by atoms with Gasteiger partial charge in [-0.2, -0.15) is 8.78 Å². The molecule has 50 valence electrons. The van der Waals surface area contributed by atoms with E-state index in [1.54, 1.807) is 0 Å². The number of hydrogen-bond acceptors (Lipinski definition) is 4. The highest BCUT2D eigenvalue weighted by Crippen LogP contribution is 2.23. The van der Waals surface area contributed by atoms with Crippen LogP contribution < -0.4 is 0 Å². The van der Waals surface area contributed by atoms with E-state index in [2.05, 4.69) is 9.78 Å². The van der Waals surface area contributed by atoms with E-state index in [1.165, 1.54) is 0 Å². The normalized spacial score (nSPS) is 23.3. The van der Waals surface area contributed by atoms with Crippen molar-refractivity contribution in [1.29, 1.82) is 0 Å². The first-order valence-electron chi connectivity index (χ1n) is 1.86. The van der Waals surface area contributed by atoms with E-state index >= 15 is 0 Å². The maximum Gasteiger partial charge on any atom is 0.446 e. The molecule has 6 heteroatoms. The topological polar surface area (TPSA) is 52.6 Å². The fraction of sp³-hybridized carbons (Fsp3) is 0.333. The van der Waals surface area contributed by atoms with Gasteiger partial charge in [0.05, 0.1) is 0 Å². The third-order valence-electron chi connectivity index (χ3n) is 0.706. The predicted molar refractivity (Wildman–Crippen MR) is 17.1 cm³/mol. The third kappa shape index (κ3) is 0.628. The zero-order valence-electron chi connectivity index (χ0n) is 3.89. The fourth-order valence-corrected chi connectivity index (χ4v) is 0.264. The van der Waals surface area contributed by atoms with Gasteiger partial charge < -0.3 is 0 Å². The molecule has 0 bridgehead atoms. The van der Waals surface area contributed by atoms with E-state index in [0.717, 1.165) is 0 Å². The molecule has 0 radical (unpaired) electrons. The van der Waals surface area contributed by atoms with Crippen molar-refractivity contribution in [2.75, 3.05) is 0 Å². The van der Waals surface area contributed by atoms with Crippen LogP contribution in [0.4, 0.5) is 8.78 Å². The maximum absolute atomic E-state index is 11.8. The van der Waals surface area contributed by atoms with Gasteiger partial charge in [-0.25, -0.2) is 19.4 Å². The average Bonchev–Trinajstić information content (AvgIpc) is 1.96. The highest BCUT2D eigenvalue weighted by Gasteiger charge is 2.58. The molecule has 1 saturated heterocycles. The molecular formula is C3F2O4. The van der Waals surface area contributed by atoms with E-state index in [9.17, 15) is 18.4 Å². The van der Waals surface area contributed by atoms with E-state index in [-0.39, 0.29) is 0 Å². The Hall–Kier alpha value is -1.20. The number of halogens is 2. The first kappa shape index (κ1) is 5.93. The van der Waals surface area contributed by atoms with E-state index < -0.39 is 17.9 Å². The van der Waals surface area contributed by atoms with Crippen molar-refractivity contribution in [3.63, 3.8) is 0 Å². The molecule has 1 aliphatic heterocycles. The Labute approximate surface area is 47.3 Å². The predicted octanol–water partition coefficient (Wildman–Crippen LogP) is -0.363. The first-order valence-corrected chi connectivity index (χ1v) is 1.86. The minimum absolute atomic E-state index is 1.97. The Morgan fingerprint density at radius 3 is 1.56 bits per heavy atom. The van der Waals surface area contributed by atoms with Gasteiger partial charge in [0.2, 0.25) is 0 Å². The van der Waals surface area contributed by atoms with Crippen LogP contribution in [0.2, 0.25) is 0 Å². The molecule has 0 aliphatic carbocycles. The molecule has 1 rings (SSSR count). The van der Waals surface area contributed by atoms with Gasteiger partial charge in [0, 0.05) is 0 Å². The molecule has 0 amide bonds. The van der Waals surface area contributed by atoms with Crippen molar-refractivity contribution in [2.45, 2.75) is 5.92 Å². The van der Waals surface area contributed by atoms with E-state index in [1.807, 2.05) is 0 Å². The van der Waals surface area contributed by atoms with Gasteiger partial charge in [0.25, 0.3) is 0 Å². The van der Waals surface area contributed by atoms with Crippen LogP contribution in [0.3, 0.4) is 0 Å². The van der Waals surface area contributed by atoms with Crippen LogP contribution in [0.15, 0.2) is 0 Å². The van der Waals surface area contributed by atoms with Crippen LogP contribution in [0.1, 0.15) is 0 Å². The van der Waals surface area contributed by atoms with Crippen LogP contribution in [-0.2, 0) is 19.4 Å². The molecule has 9 heavy (non-hydrogen) atoms. The molecule has 1 heterocycles. The molecule has 0 aromatic carbocycles. The Bertz CT molecular complexity index is 157. The lowest BCUT2D eigenvalue weighted by Gasteiger charge is -1.91. The largest absolute Gasteiger partial charge is 0.446 e. The van der Waals surface area contributed by atoms with Gasteiger partial charge in [0.1, 0.15) is 0 Å². The fourth-order valence-electron chi connectivity index (χ4n) is 0.264. The molecule has 0 aromatic rings. The molecule has 4 nitrogen and oxygen atoms in total. The lowest BCUT2D eigenvalue weighted by molar-refractivity contribution is -0.235. The van der Waals surface area contributed by atoms with Crippen LogP contribution in [0.5, 0.6) is 0 Å². The van der Waals surface area contributed by atoms with Crippen LogP contribution in [0, 0.1) is 0 Å². The minimum Gasteiger partial charge on any atom is -0.239 e. The number of carbonyl (C=O) groups excluding carboxylic acids is 2. The zero-order chi connectivity index (χ0) is 7.07. The summed E-state index contributed by atoms with van der Waals surface area (Å²) in [6, 6.07) is 0. The van der Waals surface area contributed by atoms with Gasteiger partial charge in [-0.3, -0.25) is 0 Å². The van der Waals surface area contributed by atoms with Gasteiger partial charge in [0.15, 0.2) is 0 Å². The van der Waals surface area contributed by atoms with Crippen molar-refractivity contribution < 1.29 is 28.1 Å². The molecule has 1 fully saturated rings. The van der Waals surface area contributed by atoms with Gasteiger partial charge in [-0.1, -0.05) is 0 Å². The minimum atomic E-state index is -4.11. The Balaban J connectivity index is 2.91. The second-order valence-electron chi connectivity index (χ2n) is 1.32. The third-order valence-corrected chi connectivity index (χ3v) is 0.706. The molecule has 0 atom stereocenters. The maximum atomic E-state index is 11.8. The van der Waals surface area contributed by atoms with Crippen molar-refractivity contribution >= 4 is 11.9 Å². The second kappa shape index (κ2) is 1.40. The van der Waals surface area contributed by atoms with Crippen LogP contribution in [-0.4, -0.2) is 17.9 Å². The molecule has 0 N–H and O–H groups in total. The summed E-state index contributed by atoms with van der Waals surface area (Å²) in [5.41, 5.74) is 0. The Kier molecular flexibility index (Phi) is 0.920. The molecule has 0 spiro atoms. The summed E-state index contributed by atoms with van der Waals surface area (Å²) in [5.74, 6) is -8.04. The average molecular weight is 138 g/mol. The lowest BCUT2D eigenvalue weighted by Crippen LogP contribution is -2.30. The SMILES string of the molecule is O=C1OOC(=O)C1(F)F. The molecule has 1 aliphatic rings. The molecular weight excluding hydrogens is 138 g/mol. The molecule has 0 unspecified atom stereocenters. The summed E-state index contributed by atoms with van der Waals surface area (Å²) < 4.78 is 23.6. The highest BCUT2D eigenvalue weighted by molar-refractivity contribution is 6.04. The molecule has 0 saturated carbocycles. The lowest BCUT2D eigenvalue weighted by atomic mass is 10.4. The highest BCUT2D eigenvalue weighted by atomic mass is 19.3. The van der Waals surface area contributed by atoms with Crippen LogP contribution in [0.25, 0.3) is 0 Å². The van der Waals surface area contributed by atoms with Crippen molar-refractivity contribution in [3.05, 3.63) is 0 Å². The summed E-state index contributed by atoms with van der Waals surface area (Å²) >= 11 is 0. The molecule has 0 aromatic heterocycles. The van der Waals surface area contributed by atoms with Crippen molar-refractivity contribution in [2.24, 2.45) is 0 Å². The Morgan fingerprint density at radius 2 is 1.44 bits per heavy atom. The smallest absolute Gasteiger partial charge is 0.239 e. The van der Waals surface area contributed by atoms with Crippen molar-refractivity contribution in [1.82, 2.24) is 0 Å². The van der Waals surface area contributed by atoms with Crippen molar-refractivity contribution in [3.8, 4) is 0 Å². The van der Waals surface area contributed by atoms with Gasteiger partial charge in [-0.05, 0) is 0 Å². The second-order valence-corrected chi connectivity index (χ2v) is 1.32. The summed E-state index contributed by atoms with van der Waals surface area (Å²) in [7, 11) is 0. The number of alkyl halides is 2. The Morgan fingerprint density at radius 1 is 1.11 bits per heavy atom. The number of hydrogen-bond donors (Lipinski definition) is 0. The standard InChI is InChI=1S/C3F2O4/c4-3(5)1(6)8-9-2(3)7. The number of rotatable bonds is 0. The van der Waals surface area contributed by atoms with E-state index in [0.29, 0.717) is 0 Å². The van der Waals surface area contributed by atoms with Gasteiger partial charge >= 0.3 is 17.9 Å². The first-order chi connectivity index (χ1) is 4.05. The van der Waals surface area contributed by atoms with Crippen LogP contribution >= 0.6 is 0 Å². The summed E-state index contributed by atoms with van der Waals surface area (Å²) in [4.78, 5) is 26.1.